The molecule has 2 aromatic carbocycles. The third kappa shape index (κ3) is 5.63. The highest BCUT2D eigenvalue weighted by atomic mass is 16.1. The number of benzene rings is 2. The summed E-state index contributed by atoms with van der Waals surface area (Å²) in [6, 6.07) is 18.5. The molecule has 25 heavy (non-hydrogen) atoms. The summed E-state index contributed by atoms with van der Waals surface area (Å²) in [5.74, 6) is -0.441. The first-order valence-corrected chi connectivity index (χ1v) is 7.90. The first-order chi connectivity index (χ1) is 12.1. The van der Waals surface area contributed by atoms with Gasteiger partial charge in [0.2, 0.25) is 0 Å². The summed E-state index contributed by atoms with van der Waals surface area (Å²) in [6.07, 6.45) is 2.06. The van der Waals surface area contributed by atoms with Crippen molar-refractivity contribution >= 4 is 17.4 Å². The van der Waals surface area contributed by atoms with Crippen LogP contribution in [0.1, 0.15) is 22.8 Å². The molecule has 0 bridgehead atoms. The minimum absolute atomic E-state index is 0.0105. The van der Waals surface area contributed by atoms with E-state index in [1.54, 1.807) is 24.3 Å². The molecule has 0 fully saturated rings. The van der Waals surface area contributed by atoms with Gasteiger partial charge < -0.3 is 10.6 Å². The number of carbonyl (C=O) groups is 2. The van der Waals surface area contributed by atoms with Crippen LogP contribution in [0.2, 0.25) is 0 Å². The molecular weight excluding hydrogens is 314 g/mol. The Morgan fingerprint density at radius 2 is 1.76 bits per heavy atom. The van der Waals surface area contributed by atoms with Crippen LogP contribution in [0, 0.1) is 11.3 Å². The van der Waals surface area contributed by atoms with Crippen LogP contribution in [-0.4, -0.2) is 18.2 Å². The van der Waals surface area contributed by atoms with Gasteiger partial charge in [-0.05, 0) is 43.2 Å². The smallest absolute Gasteiger partial charge is 0.263 e. The van der Waals surface area contributed by atoms with E-state index in [9.17, 15) is 9.59 Å². The highest BCUT2D eigenvalue weighted by Gasteiger charge is 2.08. The number of hydrogen-bond donors (Lipinski definition) is 2. The zero-order valence-corrected chi connectivity index (χ0v) is 14.0. The van der Waals surface area contributed by atoms with Crippen molar-refractivity contribution in [3.8, 4) is 6.07 Å². The van der Waals surface area contributed by atoms with E-state index in [-0.39, 0.29) is 11.4 Å². The molecule has 0 heterocycles. The second-order valence-electron chi connectivity index (χ2n) is 5.44. The van der Waals surface area contributed by atoms with Gasteiger partial charge in [-0.3, -0.25) is 9.59 Å². The van der Waals surface area contributed by atoms with E-state index in [4.69, 9.17) is 5.26 Å². The second-order valence-corrected chi connectivity index (χ2v) is 5.44. The van der Waals surface area contributed by atoms with Crippen molar-refractivity contribution in [3.05, 3.63) is 77.5 Å². The molecule has 0 aliphatic rings. The standard InChI is InChI=1S/C20H19N3O2/c1-15(24)17-7-9-19(10-8-17)23-14-18(13-21)20(25)22-12-11-16-5-3-2-4-6-16/h2-10,14,23H,11-12H2,1H3,(H,22,25)/b18-14-. The lowest BCUT2D eigenvalue weighted by Crippen LogP contribution is -2.27. The van der Waals surface area contributed by atoms with Crippen LogP contribution in [-0.2, 0) is 11.2 Å². The molecule has 2 rings (SSSR count). The Hall–Kier alpha value is -3.39. The predicted octanol–water partition coefficient (Wildman–Crippen LogP) is 3.07. The monoisotopic (exact) mass is 333 g/mol. The van der Waals surface area contributed by atoms with Gasteiger partial charge in [-0.15, -0.1) is 0 Å². The summed E-state index contributed by atoms with van der Waals surface area (Å²) in [7, 11) is 0. The van der Waals surface area contributed by atoms with E-state index in [0.717, 1.165) is 5.56 Å². The van der Waals surface area contributed by atoms with Gasteiger partial charge in [0.25, 0.3) is 5.91 Å². The Labute approximate surface area is 147 Å². The average Bonchev–Trinajstić information content (AvgIpc) is 2.63. The molecule has 0 atom stereocenters. The lowest BCUT2D eigenvalue weighted by atomic mass is 10.1. The van der Waals surface area contributed by atoms with Crippen molar-refractivity contribution in [1.29, 1.82) is 5.26 Å². The zero-order chi connectivity index (χ0) is 18.1. The van der Waals surface area contributed by atoms with Crippen LogP contribution in [0.4, 0.5) is 5.69 Å². The molecule has 0 saturated heterocycles. The van der Waals surface area contributed by atoms with Gasteiger partial charge in [0.05, 0.1) is 0 Å². The number of rotatable bonds is 7. The minimum Gasteiger partial charge on any atom is -0.360 e. The SMILES string of the molecule is CC(=O)c1ccc(N/C=C(/C#N)C(=O)NCCc2ccccc2)cc1. The molecule has 0 unspecified atom stereocenters. The van der Waals surface area contributed by atoms with Crippen LogP contribution in [0.15, 0.2) is 66.4 Å². The van der Waals surface area contributed by atoms with Crippen molar-refractivity contribution in [2.75, 3.05) is 11.9 Å². The topological polar surface area (TPSA) is 82.0 Å². The van der Waals surface area contributed by atoms with E-state index < -0.39 is 5.91 Å². The zero-order valence-electron chi connectivity index (χ0n) is 14.0. The van der Waals surface area contributed by atoms with Crippen molar-refractivity contribution in [1.82, 2.24) is 5.32 Å². The van der Waals surface area contributed by atoms with Gasteiger partial charge in [-0.1, -0.05) is 30.3 Å². The van der Waals surface area contributed by atoms with Gasteiger partial charge in [-0.2, -0.15) is 5.26 Å². The molecule has 5 nitrogen and oxygen atoms in total. The number of hydrogen-bond acceptors (Lipinski definition) is 4. The first-order valence-electron chi connectivity index (χ1n) is 7.90. The highest BCUT2D eigenvalue weighted by molar-refractivity contribution is 5.97. The molecule has 0 aliphatic carbocycles. The van der Waals surface area contributed by atoms with E-state index in [1.807, 2.05) is 36.4 Å². The Balaban J connectivity index is 1.89. The maximum absolute atomic E-state index is 12.0. The number of anilines is 1. The summed E-state index contributed by atoms with van der Waals surface area (Å²) in [4.78, 5) is 23.3. The fourth-order valence-electron chi connectivity index (χ4n) is 2.17. The average molecular weight is 333 g/mol. The fraction of sp³-hybridized carbons (Fsp3) is 0.150. The van der Waals surface area contributed by atoms with Crippen LogP contribution >= 0.6 is 0 Å². The minimum atomic E-state index is -0.425. The normalized spacial score (nSPS) is 10.6. The second kappa shape index (κ2) is 9.04. The number of ketones is 1. The molecule has 0 saturated carbocycles. The molecule has 0 aliphatic heterocycles. The molecule has 1 amide bonds. The van der Waals surface area contributed by atoms with Gasteiger partial charge in [0.1, 0.15) is 11.6 Å². The molecule has 0 spiro atoms. The molecular formula is C20H19N3O2. The van der Waals surface area contributed by atoms with Crippen LogP contribution in [0.5, 0.6) is 0 Å². The van der Waals surface area contributed by atoms with Crippen LogP contribution in [0.3, 0.4) is 0 Å². The summed E-state index contributed by atoms with van der Waals surface area (Å²) in [6.45, 7) is 1.95. The predicted molar refractivity (Wildman–Crippen MR) is 96.9 cm³/mol. The number of carbonyl (C=O) groups excluding carboxylic acids is 2. The third-order valence-corrected chi connectivity index (χ3v) is 3.58. The molecule has 126 valence electrons. The Bertz CT molecular complexity index is 803. The third-order valence-electron chi connectivity index (χ3n) is 3.58. The van der Waals surface area contributed by atoms with Gasteiger partial charge in [0.15, 0.2) is 5.78 Å². The first kappa shape index (κ1) is 18.0. The van der Waals surface area contributed by atoms with Crippen molar-refractivity contribution in [2.45, 2.75) is 13.3 Å². The lowest BCUT2D eigenvalue weighted by Gasteiger charge is -2.06. The number of nitrogens with zero attached hydrogens (tertiary/aromatic N) is 1. The number of nitrogens with one attached hydrogen (secondary N) is 2. The quantitative estimate of drug-likeness (QED) is 0.463. The van der Waals surface area contributed by atoms with Crippen LogP contribution in [0.25, 0.3) is 0 Å². The summed E-state index contributed by atoms with van der Waals surface area (Å²) in [5.41, 5.74) is 2.40. The van der Waals surface area contributed by atoms with Crippen molar-refractivity contribution in [3.63, 3.8) is 0 Å². The van der Waals surface area contributed by atoms with Crippen molar-refractivity contribution in [2.24, 2.45) is 0 Å². The van der Waals surface area contributed by atoms with E-state index in [2.05, 4.69) is 10.6 Å². The Morgan fingerprint density at radius 3 is 2.36 bits per heavy atom. The summed E-state index contributed by atoms with van der Waals surface area (Å²) in [5, 5.41) is 14.8. The molecule has 0 aromatic heterocycles. The summed E-state index contributed by atoms with van der Waals surface area (Å²) < 4.78 is 0. The van der Waals surface area contributed by atoms with E-state index in [1.165, 1.54) is 13.1 Å². The van der Waals surface area contributed by atoms with Gasteiger partial charge in [-0.25, -0.2) is 0 Å². The molecule has 0 radical (unpaired) electrons. The summed E-state index contributed by atoms with van der Waals surface area (Å²) >= 11 is 0. The van der Waals surface area contributed by atoms with E-state index >= 15 is 0 Å². The number of nitriles is 1. The van der Waals surface area contributed by atoms with Crippen molar-refractivity contribution < 1.29 is 9.59 Å². The maximum atomic E-state index is 12.0. The largest absolute Gasteiger partial charge is 0.360 e. The molecule has 5 heteroatoms. The van der Waals surface area contributed by atoms with Gasteiger partial charge in [0, 0.05) is 24.0 Å². The van der Waals surface area contributed by atoms with Crippen LogP contribution < -0.4 is 10.6 Å². The molecule has 2 aromatic rings. The Morgan fingerprint density at radius 1 is 1.08 bits per heavy atom. The maximum Gasteiger partial charge on any atom is 0.263 e. The fourth-order valence-corrected chi connectivity index (χ4v) is 2.17. The number of amides is 1. The Kier molecular flexibility index (Phi) is 6.49. The van der Waals surface area contributed by atoms with Gasteiger partial charge >= 0.3 is 0 Å². The highest BCUT2D eigenvalue weighted by Crippen LogP contribution is 2.10. The number of Topliss-reactive ketones (excluding diaryl/α,β-unsaturated/α-hetero) is 1. The lowest BCUT2D eigenvalue weighted by molar-refractivity contribution is -0.117. The molecule has 2 N–H and O–H groups in total. The van der Waals surface area contributed by atoms with E-state index in [0.29, 0.717) is 24.2 Å².